The third-order valence-corrected chi connectivity index (χ3v) is 3.45. The Bertz CT molecular complexity index is 486. The van der Waals surface area contributed by atoms with Crippen LogP contribution in [0.3, 0.4) is 0 Å². The molecule has 1 saturated heterocycles. The third-order valence-electron chi connectivity index (χ3n) is 3.45. The maximum Gasteiger partial charge on any atom is 0.410 e. The summed E-state index contributed by atoms with van der Waals surface area (Å²) in [7, 11) is 1.54. The molecule has 1 aromatic carbocycles. The van der Waals surface area contributed by atoms with Crippen LogP contribution >= 0.6 is 0 Å². The van der Waals surface area contributed by atoms with Crippen LogP contribution in [0.25, 0.3) is 0 Å². The van der Waals surface area contributed by atoms with E-state index in [1.165, 1.54) is 4.90 Å². The van der Waals surface area contributed by atoms with Gasteiger partial charge < -0.3 is 19.7 Å². The Hall–Kier alpha value is -2.08. The second-order valence-corrected chi connectivity index (χ2v) is 5.34. The zero-order chi connectivity index (χ0) is 15.8. The van der Waals surface area contributed by atoms with Crippen LogP contribution < -0.4 is 5.32 Å². The van der Waals surface area contributed by atoms with E-state index < -0.39 is 6.09 Å². The van der Waals surface area contributed by atoms with Gasteiger partial charge in [0.05, 0.1) is 6.10 Å². The first-order chi connectivity index (χ1) is 10.6. The summed E-state index contributed by atoms with van der Waals surface area (Å²) in [6.45, 7) is 1.42. The van der Waals surface area contributed by atoms with E-state index >= 15 is 0 Å². The molecule has 0 spiro atoms. The van der Waals surface area contributed by atoms with Crippen molar-refractivity contribution in [2.75, 3.05) is 26.7 Å². The Morgan fingerprint density at radius 2 is 2.14 bits per heavy atom. The minimum absolute atomic E-state index is 0.0274. The largest absolute Gasteiger partial charge is 0.445 e. The van der Waals surface area contributed by atoms with Gasteiger partial charge in [0, 0.05) is 20.2 Å². The quantitative estimate of drug-likeness (QED) is 0.866. The number of amides is 2. The molecule has 0 radical (unpaired) electrons. The van der Waals surface area contributed by atoms with Crippen LogP contribution in [-0.4, -0.2) is 49.7 Å². The van der Waals surface area contributed by atoms with Gasteiger partial charge in [-0.05, 0) is 18.4 Å². The number of rotatable bonds is 6. The zero-order valence-corrected chi connectivity index (χ0v) is 12.8. The summed E-state index contributed by atoms with van der Waals surface area (Å²) in [5.74, 6) is -0.213. The lowest BCUT2D eigenvalue weighted by Crippen LogP contribution is -2.41. The van der Waals surface area contributed by atoms with Gasteiger partial charge in [-0.3, -0.25) is 4.79 Å². The molecule has 6 heteroatoms. The normalized spacial score (nSPS) is 17.0. The lowest BCUT2D eigenvalue weighted by atomic mass is 10.2. The van der Waals surface area contributed by atoms with Crippen molar-refractivity contribution >= 4 is 12.0 Å². The number of nitrogens with zero attached hydrogens (tertiary/aromatic N) is 1. The van der Waals surface area contributed by atoms with Crippen molar-refractivity contribution in [2.24, 2.45) is 0 Å². The number of benzene rings is 1. The molecule has 2 amide bonds. The van der Waals surface area contributed by atoms with Crippen LogP contribution in [0.2, 0.25) is 0 Å². The van der Waals surface area contributed by atoms with Crippen molar-refractivity contribution in [3.63, 3.8) is 0 Å². The molecule has 2 rings (SSSR count). The molecule has 0 bridgehead atoms. The van der Waals surface area contributed by atoms with Gasteiger partial charge in [-0.25, -0.2) is 4.79 Å². The Balaban J connectivity index is 1.65. The fraction of sp³-hybridized carbons (Fsp3) is 0.500. The first-order valence-corrected chi connectivity index (χ1v) is 7.45. The van der Waals surface area contributed by atoms with Crippen LogP contribution in [-0.2, 0) is 20.9 Å². The Morgan fingerprint density at radius 3 is 2.82 bits per heavy atom. The predicted octanol–water partition coefficient (Wildman–Crippen LogP) is 1.55. The summed E-state index contributed by atoms with van der Waals surface area (Å²) in [6.07, 6.45) is 1.58. The summed E-state index contributed by atoms with van der Waals surface area (Å²) in [5.41, 5.74) is 0.909. The maximum atomic E-state index is 11.8. The number of carbonyl (C=O) groups is 2. The van der Waals surface area contributed by atoms with E-state index in [9.17, 15) is 9.59 Å². The van der Waals surface area contributed by atoms with Gasteiger partial charge in [-0.2, -0.15) is 0 Å². The molecule has 1 aliphatic heterocycles. The van der Waals surface area contributed by atoms with Gasteiger partial charge in [0.25, 0.3) is 0 Å². The molecule has 1 N–H and O–H groups in total. The van der Waals surface area contributed by atoms with Crippen molar-refractivity contribution in [2.45, 2.75) is 25.6 Å². The number of likely N-dealkylation sites (N-methyl/N-ethyl adjacent to an activating group) is 1. The van der Waals surface area contributed by atoms with Gasteiger partial charge in [-0.15, -0.1) is 0 Å². The van der Waals surface area contributed by atoms with Gasteiger partial charge in [0.1, 0.15) is 13.2 Å². The van der Waals surface area contributed by atoms with Crippen LogP contribution in [0.1, 0.15) is 18.4 Å². The van der Waals surface area contributed by atoms with Gasteiger partial charge >= 0.3 is 6.09 Å². The topological polar surface area (TPSA) is 67.9 Å². The molecule has 1 unspecified atom stereocenters. The average Bonchev–Trinajstić information content (AvgIpc) is 3.05. The van der Waals surface area contributed by atoms with Crippen LogP contribution in [0.15, 0.2) is 30.3 Å². The summed E-state index contributed by atoms with van der Waals surface area (Å²) < 4.78 is 10.6. The minimum Gasteiger partial charge on any atom is -0.445 e. The van der Waals surface area contributed by atoms with E-state index in [0.29, 0.717) is 6.54 Å². The summed E-state index contributed by atoms with van der Waals surface area (Å²) in [6, 6.07) is 9.41. The van der Waals surface area contributed by atoms with E-state index in [2.05, 4.69) is 5.32 Å². The van der Waals surface area contributed by atoms with Crippen LogP contribution in [0.5, 0.6) is 0 Å². The van der Waals surface area contributed by atoms with Gasteiger partial charge in [-0.1, -0.05) is 30.3 Å². The third kappa shape index (κ3) is 5.37. The first-order valence-electron chi connectivity index (χ1n) is 7.45. The number of ether oxygens (including phenoxy) is 2. The van der Waals surface area contributed by atoms with Crippen LogP contribution in [0, 0.1) is 0 Å². The Morgan fingerprint density at radius 1 is 1.36 bits per heavy atom. The number of hydrogen-bond donors (Lipinski definition) is 1. The van der Waals surface area contributed by atoms with Gasteiger partial charge in [0.2, 0.25) is 5.91 Å². The van der Waals surface area contributed by atoms with E-state index in [1.807, 2.05) is 30.3 Å². The molecule has 0 aliphatic carbocycles. The van der Waals surface area contributed by atoms with Crippen molar-refractivity contribution in [3.8, 4) is 0 Å². The number of hydrogen-bond acceptors (Lipinski definition) is 4. The molecule has 120 valence electrons. The second-order valence-electron chi connectivity index (χ2n) is 5.34. The van der Waals surface area contributed by atoms with Crippen LogP contribution in [0.4, 0.5) is 4.79 Å². The number of carbonyl (C=O) groups excluding carboxylic acids is 2. The highest BCUT2D eigenvalue weighted by molar-refractivity contribution is 5.82. The molecule has 6 nitrogen and oxygen atoms in total. The summed E-state index contributed by atoms with van der Waals surface area (Å²) in [4.78, 5) is 24.8. The van der Waals surface area contributed by atoms with E-state index in [4.69, 9.17) is 9.47 Å². The molecule has 1 aliphatic rings. The monoisotopic (exact) mass is 306 g/mol. The molecule has 0 saturated carbocycles. The maximum absolute atomic E-state index is 11.8. The standard InChI is InChI=1S/C16H22N2O4/c1-18(11-15(19)17-10-14-8-5-9-21-14)16(20)22-12-13-6-3-2-4-7-13/h2-4,6-7,14H,5,8-12H2,1H3,(H,17,19). The SMILES string of the molecule is CN(CC(=O)NCC1CCCO1)C(=O)OCc1ccccc1. The van der Waals surface area contributed by atoms with E-state index in [-0.39, 0.29) is 25.2 Å². The van der Waals surface area contributed by atoms with Crippen molar-refractivity contribution in [3.05, 3.63) is 35.9 Å². The highest BCUT2D eigenvalue weighted by Gasteiger charge is 2.18. The van der Waals surface area contributed by atoms with Gasteiger partial charge in [0.15, 0.2) is 0 Å². The lowest BCUT2D eigenvalue weighted by Gasteiger charge is -2.17. The van der Waals surface area contributed by atoms with E-state index in [1.54, 1.807) is 7.05 Å². The fourth-order valence-corrected chi connectivity index (χ4v) is 2.20. The number of nitrogens with one attached hydrogen (secondary N) is 1. The summed E-state index contributed by atoms with van der Waals surface area (Å²) in [5, 5.41) is 2.77. The first kappa shape index (κ1) is 16.3. The second kappa shape index (κ2) is 8.38. The molecular formula is C16H22N2O4. The Labute approximate surface area is 130 Å². The van der Waals surface area contributed by atoms with E-state index in [0.717, 1.165) is 25.0 Å². The molecule has 0 aromatic heterocycles. The minimum atomic E-state index is -0.517. The van der Waals surface area contributed by atoms with Crippen molar-refractivity contribution in [1.82, 2.24) is 10.2 Å². The molecule has 1 atom stereocenters. The lowest BCUT2D eigenvalue weighted by molar-refractivity contribution is -0.122. The fourth-order valence-electron chi connectivity index (χ4n) is 2.20. The van der Waals surface area contributed by atoms with Crippen molar-refractivity contribution in [1.29, 1.82) is 0 Å². The highest BCUT2D eigenvalue weighted by Crippen LogP contribution is 2.10. The highest BCUT2D eigenvalue weighted by atomic mass is 16.6. The Kier molecular flexibility index (Phi) is 6.21. The zero-order valence-electron chi connectivity index (χ0n) is 12.8. The summed E-state index contributed by atoms with van der Waals surface area (Å²) >= 11 is 0. The molecule has 1 fully saturated rings. The smallest absolute Gasteiger partial charge is 0.410 e. The molecule has 22 heavy (non-hydrogen) atoms. The average molecular weight is 306 g/mol. The predicted molar refractivity (Wildman–Crippen MR) is 81.2 cm³/mol. The molecule has 1 heterocycles. The van der Waals surface area contributed by atoms with Crippen molar-refractivity contribution < 1.29 is 19.1 Å². The molecule has 1 aromatic rings. The molecular weight excluding hydrogens is 284 g/mol.